The highest BCUT2D eigenvalue weighted by Crippen LogP contribution is 2.34. The number of nitrogens with one attached hydrogen (secondary N) is 1. The van der Waals surface area contributed by atoms with Crippen LogP contribution in [0, 0.1) is 6.92 Å². The van der Waals surface area contributed by atoms with Gasteiger partial charge < -0.3 is 9.73 Å². The molecular formula is C24H23N3O4S. The van der Waals surface area contributed by atoms with Crippen molar-refractivity contribution in [3.05, 3.63) is 85.3 Å². The summed E-state index contributed by atoms with van der Waals surface area (Å²) in [6.07, 6.45) is 5.32. The lowest BCUT2D eigenvalue weighted by Crippen LogP contribution is -2.41. The molecule has 4 aromatic rings. The van der Waals surface area contributed by atoms with Crippen LogP contribution in [0.5, 0.6) is 0 Å². The lowest BCUT2D eigenvalue weighted by molar-refractivity contribution is -0.116. The molecule has 0 saturated heterocycles. The van der Waals surface area contributed by atoms with Gasteiger partial charge in [0, 0.05) is 10.6 Å². The zero-order valence-corrected chi connectivity index (χ0v) is 18.5. The van der Waals surface area contributed by atoms with Gasteiger partial charge in [-0.1, -0.05) is 12.1 Å². The summed E-state index contributed by atoms with van der Waals surface area (Å²) >= 11 is 1.47. The second-order valence-electron chi connectivity index (χ2n) is 8.15. The number of carbonyl (C=O) groups excluding carboxylic acids is 1. The highest BCUT2D eigenvalue weighted by molar-refractivity contribution is 7.18. The molecule has 164 valence electrons. The molecule has 0 saturated carbocycles. The Morgan fingerprint density at radius 3 is 2.75 bits per heavy atom. The lowest BCUT2D eigenvalue weighted by atomic mass is 9.97. The molecule has 0 unspecified atom stereocenters. The minimum atomic E-state index is -0.503. The topological polar surface area (TPSA) is 86.2 Å². The predicted molar refractivity (Wildman–Crippen MR) is 125 cm³/mol. The van der Waals surface area contributed by atoms with Crippen LogP contribution in [-0.2, 0) is 30.7 Å². The van der Waals surface area contributed by atoms with Crippen molar-refractivity contribution < 1.29 is 9.21 Å². The molecule has 1 aliphatic rings. The van der Waals surface area contributed by atoms with Gasteiger partial charge in [0.05, 0.1) is 18.2 Å². The van der Waals surface area contributed by atoms with Gasteiger partial charge in [-0.3, -0.25) is 18.7 Å². The van der Waals surface area contributed by atoms with Crippen molar-refractivity contribution in [3.8, 4) is 0 Å². The molecule has 0 radical (unpaired) electrons. The Kier molecular flexibility index (Phi) is 5.30. The molecule has 3 aromatic heterocycles. The summed E-state index contributed by atoms with van der Waals surface area (Å²) in [6, 6.07) is 11.0. The fourth-order valence-electron chi connectivity index (χ4n) is 4.32. The van der Waals surface area contributed by atoms with Gasteiger partial charge >= 0.3 is 5.69 Å². The lowest BCUT2D eigenvalue weighted by Gasteiger charge is -2.13. The van der Waals surface area contributed by atoms with Gasteiger partial charge in [-0.05, 0) is 68.0 Å². The maximum Gasteiger partial charge on any atom is 0.333 e. The van der Waals surface area contributed by atoms with E-state index < -0.39 is 5.69 Å². The summed E-state index contributed by atoms with van der Waals surface area (Å²) in [6.45, 7) is 1.82. The molecule has 0 spiro atoms. The monoisotopic (exact) mass is 449 g/mol. The number of nitrogens with zero attached hydrogens (tertiary/aromatic N) is 2. The number of amides is 1. The van der Waals surface area contributed by atoms with E-state index in [-0.39, 0.29) is 24.6 Å². The van der Waals surface area contributed by atoms with Gasteiger partial charge in [-0.15, -0.1) is 11.3 Å². The second-order valence-corrected chi connectivity index (χ2v) is 9.23. The number of thiophene rings is 1. The Hall–Kier alpha value is -3.39. The van der Waals surface area contributed by atoms with Crippen molar-refractivity contribution in [1.82, 2.24) is 9.13 Å². The molecule has 7 nitrogen and oxygen atoms in total. The molecule has 0 aliphatic heterocycles. The normalized spacial score (nSPS) is 13.3. The van der Waals surface area contributed by atoms with Crippen molar-refractivity contribution in [1.29, 1.82) is 0 Å². The summed E-state index contributed by atoms with van der Waals surface area (Å²) in [5.74, 6) is 0.206. The van der Waals surface area contributed by atoms with Gasteiger partial charge in [-0.25, -0.2) is 4.79 Å². The summed E-state index contributed by atoms with van der Waals surface area (Å²) in [5, 5.41) is 3.43. The highest BCUT2D eigenvalue weighted by atomic mass is 32.1. The van der Waals surface area contributed by atoms with Crippen LogP contribution in [-0.4, -0.2) is 15.0 Å². The fourth-order valence-corrected chi connectivity index (χ4v) is 5.69. The van der Waals surface area contributed by atoms with Gasteiger partial charge in [0.1, 0.15) is 17.1 Å². The third kappa shape index (κ3) is 3.71. The number of benzene rings is 1. The average Bonchev–Trinajstić information content (AvgIpc) is 3.42. The van der Waals surface area contributed by atoms with E-state index in [2.05, 4.69) is 5.32 Å². The molecule has 0 bridgehead atoms. The molecule has 0 atom stereocenters. The van der Waals surface area contributed by atoms with Crippen LogP contribution in [0.3, 0.4) is 0 Å². The van der Waals surface area contributed by atoms with Crippen LogP contribution in [0.1, 0.15) is 34.6 Å². The van der Waals surface area contributed by atoms with E-state index in [9.17, 15) is 14.4 Å². The van der Waals surface area contributed by atoms with Crippen molar-refractivity contribution in [2.75, 3.05) is 5.32 Å². The summed E-state index contributed by atoms with van der Waals surface area (Å²) in [5.41, 5.74) is 1.92. The fraction of sp³-hybridized carbons (Fsp3) is 0.292. The van der Waals surface area contributed by atoms with Crippen LogP contribution < -0.4 is 16.6 Å². The van der Waals surface area contributed by atoms with Crippen molar-refractivity contribution in [3.63, 3.8) is 0 Å². The molecule has 1 amide bonds. The highest BCUT2D eigenvalue weighted by Gasteiger charge is 2.24. The first-order chi connectivity index (χ1) is 15.5. The Morgan fingerprint density at radius 1 is 1.12 bits per heavy atom. The quantitative estimate of drug-likeness (QED) is 0.503. The zero-order valence-electron chi connectivity index (χ0n) is 17.7. The molecule has 1 N–H and O–H groups in total. The summed E-state index contributed by atoms with van der Waals surface area (Å²) < 4.78 is 8.00. The van der Waals surface area contributed by atoms with E-state index in [4.69, 9.17) is 4.42 Å². The first-order valence-corrected chi connectivity index (χ1v) is 11.5. The maximum atomic E-state index is 13.4. The smallest absolute Gasteiger partial charge is 0.333 e. The Labute approximate surface area is 187 Å². The van der Waals surface area contributed by atoms with E-state index in [0.29, 0.717) is 21.7 Å². The van der Waals surface area contributed by atoms with E-state index in [0.717, 1.165) is 41.7 Å². The number of hydrogen-bond donors (Lipinski definition) is 1. The van der Waals surface area contributed by atoms with Crippen molar-refractivity contribution >= 4 is 33.1 Å². The molecule has 8 heteroatoms. The first kappa shape index (κ1) is 20.5. The van der Waals surface area contributed by atoms with Gasteiger partial charge in [-0.2, -0.15) is 0 Å². The Balaban J connectivity index is 1.61. The maximum absolute atomic E-state index is 13.4. The second kappa shape index (κ2) is 8.27. The molecule has 0 fully saturated rings. The van der Waals surface area contributed by atoms with Gasteiger partial charge in [0.2, 0.25) is 5.91 Å². The number of aromatic nitrogens is 2. The number of anilines is 1. The molecule has 1 aromatic carbocycles. The number of hydrogen-bond acceptors (Lipinski definition) is 5. The Morgan fingerprint density at radius 2 is 1.97 bits per heavy atom. The number of carbonyl (C=O) groups is 1. The third-order valence-electron chi connectivity index (χ3n) is 5.82. The summed E-state index contributed by atoms with van der Waals surface area (Å²) in [7, 11) is 0. The minimum absolute atomic E-state index is 0.0325. The molecule has 5 rings (SSSR count). The molecule has 1 aliphatic carbocycles. The predicted octanol–water partition coefficient (Wildman–Crippen LogP) is 3.69. The van der Waals surface area contributed by atoms with Crippen LogP contribution in [0.25, 0.3) is 10.2 Å². The van der Waals surface area contributed by atoms with Crippen LogP contribution >= 0.6 is 11.3 Å². The summed E-state index contributed by atoms with van der Waals surface area (Å²) in [4.78, 5) is 41.4. The molecule has 32 heavy (non-hydrogen) atoms. The standard InChI is InChI=1S/C24H23N3O4S/c1-15-6-4-7-16(12-15)25-20(28)14-27-23-21(18-9-2-3-10-19(18)32-23)22(29)26(24(27)30)13-17-8-5-11-31-17/h4-8,11-12H,2-3,9-10,13-14H2,1H3,(H,25,28). The van der Waals surface area contributed by atoms with Gasteiger partial charge in [0.25, 0.3) is 5.56 Å². The van der Waals surface area contributed by atoms with E-state index in [1.54, 1.807) is 12.1 Å². The largest absolute Gasteiger partial charge is 0.467 e. The van der Waals surface area contributed by atoms with Gasteiger partial charge in [0.15, 0.2) is 0 Å². The first-order valence-electron chi connectivity index (χ1n) is 10.7. The van der Waals surface area contributed by atoms with E-state index in [1.807, 2.05) is 31.2 Å². The molecule has 3 heterocycles. The van der Waals surface area contributed by atoms with Crippen molar-refractivity contribution in [2.24, 2.45) is 0 Å². The number of rotatable bonds is 5. The zero-order chi connectivity index (χ0) is 22.2. The number of furan rings is 1. The third-order valence-corrected chi connectivity index (χ3v) is 7.13. The minimum Gasteiger partial charge on any atom is -0.467 e. The number of aryl methyl sites for hydroxylation is 3. The van der Waals surface area contributed by atoms with Crippen molar-refractivity contribution in [2.45, 2.75) is 45.7 Å². The van der Waals surface area contributed by atoms with Crippen LogP contribution in [0.15, 0.2) is 56.7 Å². The van der Waals surface area contributed by atoms with Crippen LogP contribution in [0.2, 0.25) is 0 Å². The average molecular weight is 450 g/mol. The SMILES string of the molecule is Cc1cccc(NC(=O)Cn2c(=O)n(Cc3ccco3)c(=O)c3c4c(sc32)CCCC4)c1. The number of fused-ring (bicyclic) bond motifs is 3. The van der Waals surface area contributed by atoms with E-state index >= 15 is 0 Å². The molecular weight excluding hydrogens is 426 g/mol. The van der Waals surface area contributed by atoms with E-state index in [1.165, 1.54) is 26.7 Å². The van der Waals surface area contributed by atoms with Crippen LogP contribution in [0.4, 0.5) is 5.69 Å². The Bertz CT molecular complexity index is 1430.